The van der Waals surface area contributed by atoms with Crippen molar-refractivity contribution in [2.75, 3.05) is 0 Å². The summed E-state index contributed by atoms with van der Waals surface area (Å²) in [4.78, 5) is 38.2. The molecule has 3 aliphatic rings. The van der Waals surface area contributed by atoms with Gasteiger partial charge in [-0.1, -0.05) is 45.8 Å². The highest BCUT2D eigenvalue weighted by Gasteiger charge is 2.59. The van der Waals surface area contributed by atoms with Crippen molar-refractivity contribution >= 4 is 39.9 Å². The number of allylic oxidation sites excluding steroid dienone is 2. The van der Waals surface area contributed by atoms with Gasteiger partial charge >= 0.3 is 5.97 Å². The van der Waals surface area contributed by atoms with Crippen LogP contribution in [-0.2, 0) is 9.59 Å². The van der Waals surface area contributed by atoms with Crippen LogP contribution in [-0.4, -0.2) is 29.0 Å². The van der Waals surface area contributed by atoms with Crippen molar-refractivity contribution in [2.45, 2.75) is 13.3 Å². The quantitative estimate of drug-likeness (QED) is 0.218. The van der Waals surface area contributed by atoms with Crippen molar-refractivity contribution in [1.29, 1.82) is 0 Å². The first kappa shape index (κ1) is 19.9. The van der Waals surface area contributed by atoms with E-state index >= 15 is 0 Å². The SMILES string of the molecule is Cc1ccc(C(=O)Oc2ccc(Br)cc2C=NN2C(=O)C3C4C=CC(C4)C3C2=O)cc1. The molecule has 2 aromatic carbocycles. The molecule has 0 radical (unpaired) electrons. The number of rotatable bonds is 4. The molecular weight excluding hydrogens is 460 g/mol. The van der Waals surface area contributed by atoms with Gasteiger partial charge in [0.2, 0.25) is 0 Å². The van der Waals surface area contributed by atoms with Crippen molar-refractivity contribution in [1.82, 2.24) is 5.01 Å². The molecule has 7 heteroatoms. The molecule has 1 saturated carbocycles. The Bertz CT molecular complexity index is 1120. The normalized spacial score (nSPS) is 26.2. The lowest BCUT2D eigenvalue weighted by Crippen LogP contribution is -2.28. The summed E-state index contributed by atoms with van der Waals surface area (Å²) in [6.07, 6.45) is 6.35. The number of imide groups is 1. The molecule has 0 aromatic heterocycles. The zero-order chi connectivity index (χ0) is 21.7. The van der Waals surface area contributed by atoms with Crippen molar-refractivity contribution < 1.29 is 19.1 Å². The first-order valence-electron chi connectivity index (χ1n) is 10.1. The van der Waals surface area contributed by atoms with E-state index in [0.29, 0.717) is 16.9 Å². The molecule has 4 unspecified atom stereocenters. The largest absolute Gasteiger partial charge is 0.422 e. The zero-order valence-electron chi connectivity index (χ0n) is 16.7. The summed E-state index contributed by atoms with van der Waals surface area (Å²) in [6.45, 7) is 1.94. The van der Waals surface area contributed by atoms with E-state index in [2.05, 4.69) is 21.0 Å². The molecule has 156 valence electrons. The number of nitrogens with zero attached hydrogens (tertiary/aromatic N) is 2. The summed E-state index contributed by atoms with van der Waals surface area (Å²) in [6, 6.07) is 12.2. The van der Waals surface area contributed by atoms with E-state index in [1.165, 1.54) is 6.21 Å². The van der Waals surface area contributed by atoms with Gasteiger partial charge in [-0.25, -0.2) is 4.79 Å². The highest BCUT2D eigenvalue weighted by atomic mass is 79.9. The second kappa shape index (κ2) is 7.57. The standard InChI is InChI=1S/C24H19BrN2O4/c1-13-2-4-14(5-3-13)24(30)31-19-9-8-18(25)11-17(19)12-26-27-22(28)20-15-6-7-16(10-15)21(20)23(27)29/h2-9,11-12,15-16,20-21H,10H2,1H3. The molecule has 1 saturated heterocycles. The van der Waals surface area contributed by atoms with Crippen molar-refractivity contribution in [3.05, 3.63) is 75.8 Å². The average Bonchev–Trinajstić information content (AvgIpc) is 3.43. The van der Waals surface area contributed by atoms with Gasteiger partial charge in [-0.2, -0.15) is 10.1 Å². The summed E-state index contributed by atoms with van der Waals surface area (Å²) < 4.78 is 6.32. The maximum absolute atomic E-state index is 12.8. The van der Waals surface area contributed by atoms with Gasteiger partial charge < -0.3 is 4.74 Å². The fourth-order valence-electron chi connectivity index (χ4n) is 4.68. The van der Waals surface area contributed by atoms with Crippen molar-refractivity contribution in [3.63, 3.8) is 0 Å². The van der Waals surface area contributed by atoms with E-state index < -0.39 is 5.97 Å². The molecule has 2 aliphatic carbocycles. The molecule has 6 nitrogen and oxygen atoms in total. The monoisotopic (exact) mass is 478 g/mol. The lowest BCUT2D eigenvalue weighted by atomic mass is 9.85. The molecule has 1 heterocycles. The molecule has 2 amide bonds. The minimum Gasteiger partial charge on any atom is -0.422 e. The predicted octanol–water partition coefficient (Wildman–Crippen LogP) is 4.12. The van der Waals surface area contributed by atoms with Crippen LogP contribution in [0.4, 0.5) is 0 Å². The van der Waals surface area contributed by atoms with E-state index in [0.717, 1.165) is 21.5 Å². The molecule has 0 spiro atoms. The maximum Gasteiger partial charge on any atom is 0.343 e. The van der Waals surface area contributed by atoms with Crippen molar-refractivity contribution in [2.24, 2.45) is 28.8 Å². The molecule has 31 heavy (non-hydrogen) atoms. The highest BCUT2D eigenvalue weighted by Crippen LogP contribution is 2.52. The van der Waals surface area contributed by atoms with E-state index in [1.54, 1.807) is 30.3 Å². The molecule has 2 bridgehead atoms. The van der Waals surface area contributed by atoms with Gasteiger partial charge in [0.25, 0.3) is 11.8 Å². The summed E-state index contributed by atoms with van der Waals surface area (Å²) >= 11 is 3.40. The number of fused-ring (bicyclic) bond motifs is 5. The fraction of sp³-hybridized carbons (Fsp3) is 0.250. The Morgan fingerprint density at radius 3 is 2.35 bits per heavy atom. The van der Waals surface area contributed by atoms with Crippen LogP contribution >= 0.6 is 15.9 Å². The third-order valence-electron chi connectivity index (χ3n) is 6.22. The van der Waals surface area contributed by atoms with Crippen LogP contribution in [0.3, 0.4) is 0 Å². The minimum absolute atomic E-state index is 0.128. The van der Waals surface area contributed by atoms with E-state index in [9.17, 15) is 14.4 Å². The first-order valence-corrected chi connectivity index (χ1v) is 10.9. The molecule has 2 fully saturated rings. The maximum atomic E-state index is 12.8. The highest BCUT2D eigenvalue weighted by molar-refractivity contribution is 9.10. The van der Waals surface area contributed by atoms with E-state index in [-0.39, 0.29) is 35.5 Å². The summed E-state index contributed by atoms with van der Waals surface area (Å²) in [5, 5.41) is 5.18. The Hall–Kier alpha value is -3.06. The Labute approximate surface area is 187 Å². The number of aryl methyl sites for hydroxylation is 1. The second-order valence-corrected chi connectivity index (χ2v) is 9.09. The van der Waals surface area contributed by atoms with Gasteiger partial charge in [-0.15, -0.1) is 0 Å². The number of hydrogen-bond acceptors (Lipinski definition) is 5. The topological polar surface area (TPSA) is 76.0 Å². The molecule has 5 rings (SSSR count). The van der Waals surface area contributed by atoms with E-state index in [1.807, 2.05) is 31.2 Å². The molecule has 0 N–H and O–H groups in total. The van der Waals surface area contributed by atoms with Crippen LogP contribution in [0, 0.1) is 30.6 Å². The van der Waals surface area contributed by atoms with Crippen LogP contribution in [0.5, 0.6) is 5.75 Å². The number of carbonyl (C=O) groups excluding carboxylic acids is 3. The number of esters is 1. The first-order chi connectivity index (χ1) is 14.9. The van der Waals surface area contributed by atoms with Gasteiger partial charge in [0.05, 0.1) is 23.6 Å². The van der Waals surface area contributed by atoms with Crippen LogP contribution in [0.2, 0.25) is 0 Å². The lowest BCUT2D eigenvalue weighted by Gasteiger charge is -2.13. The third kappa shape index (κ3) is 3.43. The Morgan fingerprint density at radius 1 is 1.06 bits per heavy atom. The van der Waals surface area contributed by atoms with Crippen LogP contribution < -0.4 is 4.74 Å². The number of hydrogen-bond donors (Lipinski definition) is 0. The smallest absolute Gasteiger partial charge is 0.343 e. The van der Waals surface area contributed by atoms with Crippen LogP contribution in [0.1, 0.15) is 27.9 Å². The van der Waals surface area contributed by atoms with Gasteiger partial charge in [0.1, 0.15) is 5.75 Å². The predicted molar refractivity (Wildman–Crippen MR) is 117 cm³/mol. The number of ether oxygens (including phenoxy) is 1. The van der Waals surface area contributed by atoms with E-state index in [4.69, 9.17) is 4.74 Å². The number of benzene rings is 2. The summed E-state index contributed by atoms with van der Waals surface area (Å²) in [5.41, 5.74) is 1.95. The minimum atomic E-state index is -0.498. The number of hydrazone groups is 1. The summed E-state index contributed by atoms with van der Waals surface area (Å²) in [7, 11) is 0. The Balaban J connectivity index is 1.38. The molecule has 4 atom stereocenters. The van der Waals surface area contributed by atoms with Gasteiger partial charge in [-0.3, -0.25) is 9.59 Å². The number of halogens is 1. The third-order valence-corrected chi connectivity index (χ3v) is 6.71. The second-order valence-electron chi connectivity index (χ2n) is 8.17. The van der Waals surface area contributed by atoms with Gasteiger partial charge in [-0.05, 0) is 55.5 Å². The van der Waals surface area contributed by atoms with Crippen LogP contribution in [0.15, 0.2) is 64.2 Å². The average molecular weight is 479 g/mol. The van der Waals surface area contributed by atoms with Gasteiger partial charge in [0, 0.05) is 10.0 Å². The Morgan fingerprint density at radius 2 is 1.71 bits per heavy atom. The summed E-state index contributed by atoms with van der Waals surface area (Å²) in [5.74, 6) is -1.07. The number of amides is 2. The van der Waals surface area contributed by atoms with Gasteiger partial charge in [0.15, 0.2) is 0 Å². The lowest BCUT2D eigenvalue weighted by molar-refractivity contribution is -0.140. The zero-order valence-corrected chi connectivity index (χ0v) is 18.3. The number of carbonyl (C=O) groups is 3. The Kier molecular flexibility index (Phi) is 4.85. The molecule has 1 aliphatic heterocycles. The molecule has 2 aromatic rings. The molecular formula is C24H19BrN2O4. The van der Waals surface area contributed by atoms with Crippen LogP contribution in [0.25, 0.3) is 0 Å². The van der Waals surface area contributed by atoms with Crippen molar-refractivity contribution in [3.8, 4) is 5.75 Å². The fourth-order valence-corrected chi connectivity index (χ4v) is 5.06.